The monoisotopic (exact) mass is 219 g/mol. The van der Waals surface area contributed by atoms with E-state index < -0.39 is 37.3 Å². The number of allylic oxidation sites excluding steroid dienone is 1. The van der Waals surface area contributed by atoms with Gasteiger partial charge in [0.1, 0.15) is 24.4 Å². The van der Waals surface area contributed by atoms with Crippen LogP contribution in [0.15, 0.2) is 12.3 Å². The Morgan fingerprint density at radius 3 is 2.40 bits per heavy atom. The Hall–Kier alpha value is -0.660. The van der Waals surface area contributed by atoms with Crippen molar-refractivity contribution in [2.45, 2.75) is 37.6 Å². The highest BCUT2D eigenvalue weighted by Gasteiger charge is 2.43. The van der Waals surface area contributed by atoms with E-state index in [9.17, 15) is 15.3 Å². The molecule has 0 aromatic rings. The van der Waals surface area contributed by atoms with Crippen LogP contribution < -0.4 is 5.32 Å². The van der Waals surface area contributed by atoms with Gasteiger partial charge in [0.15, 0.2) is 6.29 Å². The molecule has 1 aliphatic rings. The molecule has 6 nitrogen and oxygen atoms in total. The van der Waals surface area contributed by atoms with Crippen LogP contribution in [0, 0.1) is 0 Å². The van der Waals surface area contributed by atoms with Gasteiger partial charge < -0.3 is 30.5 Å². The van der Waals surface area contributed by atoms with E-state index in [4.69, 9.17) is 9.84 Å². The molecule has 0 aromatic carbocycles. The molecule has 0 radical (unpaired) electrons. The molecule has 0 bridgehead atoms. The summed E-state index contributed by atoms with van der Waals surface area (Å²) in [6, 6.07) is -0.847. The van der Waals surface area contributed by atoms with Gasteiger partial charge in [0.05, 0.1) is 6.61 Å². The first kappa shape index (κ1) is 12.4. The molecule has 0 aromatic heterocycles. The van der Waals surface area contributed by atoms with Crippen LogP contribution in [0.3, 0.4) is 0 Å². The minimum atomic E-state index is -1.29. The molecule has 1 aliphatic heterocycles. The van der Waals surface area contributed by atoms with E-state index in [2.05, 4.69) is 11.9 Å². The second kappa shape index (κ2) is 4.91. The molecular formula is C9H17NO5. The minimum absolute atomic E-state index is 0.463. The van der Waals surface area contributed by atoms with Crippen molar-refractivity contribution in [2.24, 2.45) is 0 Å². The number of aliphatic hydroxyl groups excluding tert-OH is 4. The molecule has 1 rings (SSSR count). The highest BCUT2D eigenvalue weighted by molar-refractivity contribution is 4.98. The Kier molecular flexibility index (Phi) is 4.06. The molecule has 0 spiro atoms. The summed E-state index contributed by atoms with van der Waals surface area (Å²) in [6.45, 7) is 4.76. The number of hydrogen-bond donors (Lipinski definition) is 5. The lowest BCUT2D eigenvalue weighted by atomic mass is 9.97. The minimum Gasteiger partial charge on any atom is -0.394 e. The predicted molar refractivity (Wildman–Crippen MR) is 51.7 cm³/mol. The zero-order valence-electron chi connectivity index (χ0n) is 8.50. The summed E-state index contributed by atoms with van der Waals surface area (Å²) < 4.78 is 4.92. The fourth-order valence-electron chi connectivity index (χ4n) is 1.54. The first-order valence-electron chi connectivity index (χ1n) is 4.70. The SMILES string of the molecule is C=C(C)NC1C(O)OC(CO)C(O)C1O. The lowest BCUT2D eigenvalue weighted by Gasteiger charge is -2.40. The van der Waals surface area contributed by atoms with Crippen molar-refractivity contribution >= 4 is 0 Å². The maximum atomic E-state index is 9.65. The van der Waals surface area contributed by atoms with Gasteiger partial charge in [0.25, 0.3) is 0 Å². The fraction of sp³-hybridized carbons (Fsp3) is 0.778. The van der Waals surface area contributed by atoms with Crippen molar-refractivity contribution in [1.29, 1.82) is 0 Å². The fourth-order valence-corrected chi connectivity index (χ4v) is 1.54. The van der Waals surface area contributed by atoms with E-state index in [0.29, 0.717) is 5.70 Å². The van der Waals surface area contributed by atoms with E-state index in [1.807, 2.05) is 0 Å². The summed E-state index contributed by atoms with van der Waals surface area (Å²) in [5.74, 6) is 0. The largest absolute Gasteiger partial charge is 0.394 e. The third kappa shape index (κ3) is 2.67. The number of hydrogen-bond acceptors (Lipinski definition) is 6. The summed E-state index contributed by atoms with van der Waals surface area (Å²) in [6.07, 6.45) is -4.73. The molecule has 5 unspecified atom stereocenters. The van der Waals surface area contributed by atoms with Crippen LogP contribution in [0.1, 0.15) is 6.92 Å². The molecule has 5 atom stereocenters. The third-order valence-electron chi connectivity index (χ3n) is 2.31. The Bertz CT molecular complexity index is 235. The van der Waals surface area contributed by atoms with Gasteiger partial charge in [0, 0.05) is 5.70 Å². The maximum absolute atomic E-state index is 9.65. The molecule has 1 saturated heterocycles. The standard InChI is InChI=1S/C9H17NO5/c1-4(2)10-6-8(13)7(12)5(3-11)15-9(6)14/h5-14H,1,3H2,2H3. The Labute approximate surface area is 87.8 Å². The lowest BCUT2D eigenvalue weighted by Crippen LogP contribution is -2.62. The maximum Gasteiger partial charge on any atom is 0.178 e. The second-order valence-electron chi connectivity index (χ2n) is 3.68. The molecular weight excluding hydrogens is 202 g/mol. The number of aliphatic hydroxyl groups is 4. The zero-order chi connectivity index (χ0) is 11.6. The molecule has 0 saturated carbocycles. The van der Waals surface area contributed by atoms with E-state index in [0.717, 1.165) is 0 Å². The average Bonchev–Trinajstić information content (AvgIpc) is 2.18. The highest BCUT2D eigenvalue weighted by Crippen LogP contribution is 2.20. The van der Waals surface area contributed by atoms with Gasteiger partial charge in [-0.25, -0.2) is 0 Å². The molecule has 1 fully saturated rings. The summed E-state index contributed by atoms with van der Waals surface area (Å²) in [5, 5.41) is 40.2. The van der Waals surface area contributed by atoms with Crippen molar-refractivity contribution in [3.05, 3.63) is 12.3 Å². The van der Waals surface area contributed by atoms with E-state index >= 15 is 0 Å². The first-order chi connectivity index (χ1) is 6.97. The number of rotatable bonds is 3. The van der Waals surface area contributed by atoms with E-state index in [1.165, 1.54) is 0 Å². The van der Waals surface area contributed by atoms with Gasteiger partial charge >= 0.3 is 0 Å². The Morgan fingerprint density at radius 1 is 1.33 bits per heavy atom. The Balaban J connectivity index is 2.70. The van der Waals surface area contributed by atoms with Crippen LogP contribution in [0.5, 0.6) is 0 Å². The molecule has 0 amide bonds. The van der Waals surface area contributed by atoms with Gasteiger partial charge in [-0.3, -0.25) is 0 Å². The summed E-state index contributed by atoms with van der Waals surface area (Å²) in [4.78, 5) is 0. The van der Waals surface area contributed by atoms with E-state index in [1.54, 1.807) is 6.92 Å². The predicted octanol–water partition coefficient (Wildman–Crippen LogP) is -2.09. The Morgan fingerprint density at radius 2 is 1.93 bits per heavy atom. The zero-order valence-corrected chi connectivity index (χ0v) is 8.50. The van der Waals surface area contributed by atoms with Crippen LogP contribution in [0.25, 0.3) is 0 Å². The lowest BCUT2D eigenvalue weighted by molar-refractivity contribution is -0.253. The van der Waals surface area contributed by atoms with Gasteiger partial charge in [-0.2, -0.15) is 0 Å². The van der Waals surface area contributed by atoms with E-state index in [-0.39, 0.29) is 0 Å². The topological polar surface area (TPSA) is 102 Å². The molecule has 0 aliphatic carbocycles. The average molecular weight is 219 g/mol. The van der Waals surface area contributed by atoms with Crippen LogP contribution >= 0.6 is 0 Å². The van der Waals surface area contributed by atoms with Crippen molar-refractivity contribution in [1.82, 2.24) is 5.32 Å². The van der Waals surface area contributed by atoms with Crippen molar-refractivity contribution in [3.8, 4) is 0 Å². The summed E-state index contributed by atoms with van der Waals surface area (Å²) in [5.41, 5.74) is 0.538. The van der Waals surface area contributed by atoms with Crippen molar-refractivity contribution in [3.63, 3.8) is 0 Å². The first-order valence-corrected chi connectivity index (χ1v) is 4.70. The number of nitrogens with one attached hydrogen (secondary N) is 1. The smallest absolute Gasteiger partial charge is 0.178 e. The molecule has 6 heteroatoms. The second-order valence-corrected chi connectivity index (χ2v) is 3.68. The van der Waals surface area contributed by atoms with Crippen molar-refractivity contribution < 1.29 is 25.2 Å². The quantitative estimate of drug-likeness (QED) is 0.373. The van der Waals surface area contributed by atoms with Gasteiger partial charge in [-0.1, -0.05) is 6.58 Å². The van der Waals surface area contributed by atoms with Crippen LogP contribution in [0.2, 0.25) is 0 Å². The molecule has 15 heavy (non-hydrogen) atoms. The summed E-state index contributed by atoms with van der Waals surface area (Å²) in [7, 11) is 0. The van der Waals surface area contributed by atoms with Gasteiger partial charge in [0.2, 0.25) is 0 Å². The normalized spacial score (nSPS) is 41.3. The van der Waals surface area contributed by atoms with Gasteiger partial charge in [-0.15, -0.1) is 0 Å². The van der Waals surface area contributed by atoms with Crippen LogP contribution in [-0.4, -0.2) is 57.7 Å². The third-order valence-corrected chi connectivity index (χ3v) is 2.31. The van der Waals surface area contributed by atoms with Crippen molar-refractivity contribution in [2.75, 3.05) is 6.61 Å². The molecule has 5 N–H and O–H groups in total. The molecule has 88 valence electrons. The molecule has 1 heterocycles. The van der Waals surface area contributed by atoms with Crippen LogP contribution in [-0.2, 0) is 4.74 Å². The van der Waals surface area contributed by atoms with Crippen LogP contribution in [0.4, 0.5) is 0 Å². The highest BCUT2D eigenvalue weighted by atomic mass is 16.6. The summed E-state index contributed by atoms with van der Waals surface area (Å²) >= 11 is 0. The number of ether oxygens (including phenoxy) is 1. The van der Waals surface area contributed by atoms with Gasteiger partial charge in [-0.05, 0) is 6.92 Å².